The van der Waals surface area contributed by atoms with Crippen LogP contribution in [0.4, 0.5) is 8.78 Å². The topological polar surface area (TPSA) is 0 Å². The zero-order chi connectivity index (χ0) is 9.42. The maximum atomic E-state index is 12.8. The van der Waals surface area contributed by atoms with Crippen LogP contribution in [0.25, 0.3) is 10.1 Å². The van der Waals surface area contributed by atoms with Crippen LogP contribution in [0.1, 0.15) is 4.88 Å². The molecule has 0 N–H and O–H groups in total. The van der Waals surface area contributed by atoms with Gasteiger partial charge in [-0.25, -0.2) is 8.78 Å². The van der Waals surface area contributed by atoms with Crippen LogP contribution in [0.5, 0.6) is 0 Å². The molecule has 68 valence electrons. The van der Waals surface area contributed by atoms with E-state index in [1.165, 1.54) is 23.5 Å². The van der Waals surface area contributed by atoms with Crippen molar-refractivity contribution in [3.63, 3.8) is 0 Å². The molecule has 0 fully saturated rings. The highest BCUT2D eigenvalue weighted by Crippen LogP contribution is 2.28. The van der Waals surface area contributed by atoms with E-state index in [-0.39, 0.29) is 0 Å². The van der Waals surface area contributed by atoms with Crippen molar-refractivity contribution < 1.29 is 8.78 Å². The Bertz CT molecular complexity index is 411. The van der Waals surface area contributed by atoms with E-state index in [2.05, 4.69) is 0 Å². The Morgan fingerprint density at radius 1 is 1.15 bits per heavy atom. The second-order valence-corrected chi connectivity index (χ2v) is 4.09. The average molecular weight is 219 g/mol. The molecule has 1 heterocycles. The lowest BCUT2D eigenvalue weighted by molar-refractivity contribution is 0.511. The Hall–Kier alpha value is -0.670. The first kappa shape index (κ1) is 8.91. The van der Waals surface area contributed by atoms with Crippen molar-refractivity contribution in [3.05, 3.63) is 34.7 Å². The fraction of sp³-hybridized carbons (Fsp3) is 0.111. The predicted molar refractivity (Wildman–Crippen MR) is 51.3 cm³/mol. The van der Waals surface area contributed by atoms with Crippen LogP contribution in [-0.4, -0.2) is 0 Å². The van der Waals surface area contributed by atoms with E-state index >= 15 is 0 Å². The minimum atomic E-state index is -0.813. The molecule has 0 bridgehead atoms. The molecule has 0 unspecified atom stereocenters. The SMILES string of the molecule is Fc1cc2cc(CCl)sc2cc1F. The maximum absolute atomic E-state index is 12.8. The Labute approximate surface area is 82.8 Å². The molecule has 0 aliphatic heterocycles. The highest BCUT2D eigenvalue weighted by molar-refractivity contribution is 7.19. The van der Waals surface area contributed by atoms with Gasteiger partial charge in [0, 0.05) is 9.58 Å². The van der Waals surface area contributed by atoms with Crippen LogP contribution in [-0.2, 0) is 5.88 Å². The second-order valence-electron chi connectivity index (χ2n) is 2.65. The lowest BCUT2D eigenvalue weighted by Gasteiger charge is -1.91. The summed E-state index contributed by atoms with van der Waals surface area (Å²) in [5.74, 6) is -1.25. The average Bonchev–Trinajstić information content (AvgIpc) is 2.48. The number of hydrogen-bond acceptors (Lipinski definition) is 1. The number of benzene rings is 1. The molecule has 0 atom stereocenters. The van der Waals surface area contributed by atoms with Crippen LogP contribution < -0.4 is 0 Å². The summed E-state index contributed by atoms with van der Waals surface area (Å²) in [6, 6.07) is 4.16. The molecule has 0 nitrogen and oxygen atoms in total. The monoisotopic (exact) mass is 218 g/mol. The van der Waals surface area contributed by atoms with Crippen molar-refractivity contribution in [2.75, 3.05) is 0 Å². The Morgan fingerprint density at radius 2 is 1.85 bits per heavy atom. The number of alkyl halides is 1. The Morgan fingerprint density at radius 3 is 2.54 bits per heavy atom. The lowest BCUT2D eigenvalue weighted by atomic mass is 10.2. The fourth-order valence-electron chi connectivity index (χ4n) is 1.16. The Kier molecular flexibility index (Phi) is 2.22. The van der Waals surface area contributed by atoms with E-state index in [0.29, 0.717) is 11.3 Å². The molecule has 2 rings (SSSR count). The van der Waals surface area contributed by atoms with Crippen molar-refractivity contribution in [3.8, 4) is 0 Å². The summed E-state index contributed by atoms with van der Waals surface area (Å²) in [4.78, 5) is 0.918. The summed E-state index contributed by atoms with van der Waals surface area (Å²) in [6.45, 7) is 0. The van der Waals surface area contributed by atoms with Gasteiger partial charge in [-0.3, -0.25) is 0 Å². The van der Waals surface area contributed by atoms with E-state index in [9.17, 15) is 8.78 Å². The van der Waals surface area contributed by atoms with E-state index in [1.54, 1.807) is 6.07 Å². The molecular weight excluding hydrogens is 214 g/mol. The van der Waals surface area contributed by atoms with Gasteiger partial charge >= 0.3 is 0 Å². The molecule has 1 aromatic carbocycles. The van der Waals surface area contributed by atoms with E-state index in [4.69, 9.17) is 11.6 Å². The summed E-state index contributed by atoms with van der Waals surface area (Å²) in [5, 5.41) is 0.708. The van der Waals surface area contributed by atoms with Crippen molar-refractivity contribution in [1.82, 2.24) is 0 Å². The molecule has 0 saturated carbocycles. The summed E-state index contributed by atoms with van der Waals surface area (Å²) in [5.41, 5.74) is 0. The van der Waals surface area contributed by atoms with Crippen molar-refractivity contribution in [2.45, 2.75) is 5.88 Å². The third-order valence-electron chi connectivity index (χ3n) is 1.74. The van der Waals surface area contributed by atoms with Gasteiger partial charge in [0.15, 0.2) is 11.6 Å². The molecule has 0 aliphatic carbocycles. The molecule has 13 heavy (non-hydrogen) atoms. The van der Waals surface area contributed by atoms with Crippen molar-refractivity contribution in [1.29, 1.82) is 0 Å². The van der Waals surface area contributed by atoms with Crippen LogP contribution in [0.3, 0.4) is 0 Å². The molecule has 0 amide bonds. The van der Waals surface area contributed by atoms with Crippen LogP contribution in [0.2, 0.25) is 0 Å². The number of thiophene rings is 1. The third-order valence-corrected chi connectivity index (χ3v) is 3.29. The smallest absolute Gasteiger partial charge is 0.160 e. The Balaban J connectivity index is 2.70. The predicted octanol–water partition coefficient (Wildman–Crippen LogP) is 3.92. The van der Waals surface area contributed by atoms with Gasteiger partial charge in [0.05, 0.1) is 5.88 Å². The quantitative estimate of drug-likeness (QED) is 0.637. The molecular formula is C9H5ClF2S. The maximum Gasteiger partial charge on any atom is 0.160 e. The first-order valence-corrected chi connectivity index (χ1v) is 4.99. The summed E-state index contributed by atoms with van der Waals surface area (Å²) < 4.78 is 26.3. The van der Waals surface area contributed by atoms with E-state index in [1.807, 2.05) is 0 Å². The first-order chi connectivity index (χ1) is 6.20. The first-order valence-electron chi connectivity index (χ1n) is 3.64. The molecule has 0 spiro atoms. The zero-order valence-electron chi connectivity index (χ0n) is 6.48. The fourth-order valence-corrected chi connectivity index (χ4v) is 2.32. The van der Waals surface area contributed by atoms with Gasteiger partial charge in [-0.05, 0) is 23.6 Å². The van der Waals surface area contributed by atoms with Gasteiger partial charge in [0.25, 0.3) is 0 Å². The standard InChI is InChI=1S/C9H5ClF2S/c10-4-6-1-5-2-7(11)8(12)3-9(5)13-6/h1-3H,4H2. The van der Waals surface area contributed by atoms with Crippen LogP contribution in [0.15, 0.2) is 18.2 Å². The highest BCUT2D eigenvalue weighted by atomic mass is 35.5. The molecule has 0 radical (unpaired) electrons. The van der Waals surface area contributed by atoms with E-state index in [0.717, 1.165) is 9.58 Å². The minimum Gasteiger partial charge on any atom is -0.204 e. The third kappa shape index (κ3) is 1.54. The van der Waals surface area contributed by atoms with Gasteiger partial charge in [0.2, 0.25) is 0 Å². The molecule has 4 heteroatoms. The number of halogens is 3. The van der Waals surface area contributed by atoms with Crippen LogP contribution >= 0.6 is 22.9 Å². The van der Waals surface area contributed by atoms with E-state index < -0.39 is 11.6 Å². The molecule has 1 aromatic heterocycles. The molecule has 0 aliphatic rings. The van der Waals surface area contributed by atoms with Gasteiger partial charge in [0.1, 0.15) is 0 Å². The number of fused-ring (bicyclic) bond motifs is 1. The minimum absolute atomic E-state index is 0.378. The molecule has 0 saturated heterocycles. The van der Waals surface area contributed by atoms with Gasteiger partial charge < -0.3 is 0 Å². The lowest BCUT2D eigenvalue weighted by Crippen LogP contribution is -1.80. The van der Waals surface area contributed by atoms with Gasteiger partial charge in [-0.1, -0.05) is 0 Å². The molecule has 2 aromatic rings. The summed E-state index contributed by atoms with van der Waals surface area (Å²) in [6.07, 6.45) is 0. The normalized spacial score (nSPS) is 11.0. The highest BCUT2D eigenvalue weighted by Gasteiger charge is 2.06. The van der Waals surface area contributed by atoms with Crippen LogP contribution in [0, 0.1) is 11.6 Å². The summed E-state index contributed by atoms with van der Waals surface area (Å²) in [7, 11) is 0. The largest absolute Gasteiger partial charge is 0.204 e. The van der Waals surface area contributed by atoms with Gasteiger partial charge in [-0.2, -0.15) is 0 Å². The van der Waals surface area contributed by atoms with Crippen molar-refractivity contribution in [2.24, 2.45) is 0 Å². The number of rotatable bonds is 1. The second kappa shape index (κ2) is 3.24. The van der Waals surface area contributed by atoms with Crippen molar-refractivity contribution >= 4 is 33.0 Å². The summed E-state index contributed by atoms with van der Waals surface area (Å²) >= 11 is 6.98. The zero-order valence-corrected chi connectivity index (χ0v) is 8.05. The van der Waals surface area contributed by atoms with Gasteiger partial charge in [-0.15, -0.1) is 22.9 Å². The number of hydrogen-bond donors (Lipinski definition) is 0.